The molecule has 0 amide bonds. The molecule has 1 heterocycles. The van der Waals surface area contributed by atoms with Crippen molar-refractivity contribution in [2.24, 2.45) is 0 Å². The van der Waals surface area contributed by atoms with Gasteiger partial charge in [0.15, 0.2) is 0 Å². The van der Waals surface area contributed by atoms with Crippen molar-refractivity contribution >= 4 is 10.9 Å². The van der Waals surface area contributed by atoms with Crippen LogP contribution in [0.25, 0.3) is 10.9 Å². The highest BCUT2D eigenvalue weighted by Crippen LogP contribution is 2.23. The van der Waals surface area contributed by atoms with Crippen molar-refractivity contribution in [3.8, 4) is 0 Å². The quantitative estimate of drug-likeness (QED) is 0.872. The van der Waals surface area contributed by atoms with Crippen molar-refractivity contribution in [2.45, 2.75) is 39.3 Å². The first-order chi connectivity index (χ1) is 9.65. The molecule has 0 aliphatic rings. The normalized spacial score (nSPS) is 14.4. The summed E-state index contributed by atoms with van der Waals surface area (Å²) in [7, 11) is 1.76. The van der Waals surface area contributed by atoms with Gasteiger partial charge in [-0.2, -0.15) is 0 Å². The number of aromatic nitrogens is 1. The largest absolute Gasteiger partial charge is 0.380 e. The summed E-state index contributed by atoms with van der Waals surface area (Å²) < 4.78 is 5.52. The number of hydrogen-bond donors (Lipinski definition) is 1. The summed E-state index contributed by atoms with van der Waals surface area (Å²) in [5.41, 5.74) is 3.36. The lowest BCUT2D eigenvalue weighted by Gasteiger charge is -2.25. The van der Waals surface area contributed by atoms with E-state index in [2.05, 4.69) is 54.5 Å². The predicted molar refractivity (Wildman–Crippen MR) is 84.0 cm³/mol. The highest BCUT2D eigenvalue weighted by molar-refractivity contribution is 5.79. The van der Waals surface area contributed by atoms with Gasteiger partial charge < -0.3 is 10.1 Å². The van der Waals surface area contributed by atoms with E-state index >= 15 is 0 Å². The molecule has 1 aromatic heterocycles. The van der Waals surface area contributed by atoms with Gasteiger partial charge in [0, 0.05) is 18.2 Å². The first-order valence-corrected chi connectivity index (χ1v) is 7.29. The number of fused-ring (bicyclic) bond motifs is 1. The van der Waals surface area contributed by atoms with Crippen LogP contribution in [0.2, 0.25) is 0 Å². The van der Waals surface area contributed by atoms with E-state index in [1.54, 1.807) is 7.11 Å². The van der Waals surface area contributed by atoms with Gasteiger partial charge in [-0.1, -0.05) is 19.1 Å². The van der Waals surface area contributed by atoms with Gasteiger partial charge in [0.05, 0.1) is 17.7 Å². The molecule has 0 aliphatic carbocycles. The van der Waals surface area contributed by atoms with Gasteiger partial charge >= 0.3 is 0 Å². The van der Waals surface area contributed by atoms with Crippen LogP contribution in [0.4, 0.5) is 0 Å². The van der Waals surface area contributed by atoms with Crippen LogP contribution in [-0.4, -0.2) is 24.7 Å². The Hall–Kier alpha value is -1.45. The van der Waals surface area contributed by atoms with Crippen molar-refractivity contribution in [3.63, 3.8) is 0 Å². The third-order valence-corrected chi connectivity index (χ3v) is 3.67. The van der Waals surface area contributed by atoms with Crippen molar-refractivity contribution < 1.29 is 4.74 Å². The summed E-state index contributed by atoms with van der Waals surface area (Å²) in [6.45, 7) is 7.29. The summed E-state index contributed by atoms with van der Waals surface area (Å²) in [6, 6.07) is 10.9. The number of benzene rings is 1. The van der Waals surface area contributed by atoms with E-state index in [-0.39, 0.29) is 12.1 Å². The average molecular weight is 272 g/mol. The van der Waals surface area contributed by atoms with Crippen LogP contribution in [0, 0.1) is 6.92 Å². The second kappa shape index (κ2) is 6.82. The van der Waals surface area contributed by atoms with E-state index in [4.69, 9.17) is 4.74 Å². The Labute approximate surface area is 121 Å². The SMILES string of the molecule is CCCNC(c1ccc2nc(C)ccc2c1)C(C)OC. The minimum atomic E-state index is 0.136. The van der Waals surface area contributed by atoms with Gasteiger partial charge in [-0.25, -0.2) is 0 Å². The maximum Gasteiger partial charge on any atom is 0.0737 e. The Morgan fingerprint density at radius 2 is 2.05 bits per heavy atom. The number of nitrogens with one attached hydrogen (secondary N) is 1. The van der Waals surface area contributed by atoms with Crippen molar-refractivity contribution in [1.29, 1.82) is 0 Å². The number of nitrogens with zero attached hydrogens (tertiary/aromatic N) is 1. The molecule has 3 heteroatoms. The number of hydrogen-bond acceptors (Lipinski definition) is 3. The van der Waals surface area contributed by atoms with Gasteiger partial charge in [-0.15, -0.1) is 0 Å². The molecule has 2 rings (SSSR count). The van der Waals surface area contributed by atoms with Crippen LogP contribution in [-0.2, 0) is 4.74 Å². The van der Waals surface area contributed by atoms with E-state index in [1.807, 2.05) is 6.92 Å². The van der Waals surface area contributed by atoms with Crippen LogP contribution in [0.1, 0.15) is 37.6 Å². The molecule has 2 atom stereocenters. The highest BCUT2D eigenvalue weighted by atomic mass is 16.5. The van der Waals surface area contributed by atoms with Crippen LogP contribution in [0.3, 0.4) is 0 Å². The third kappa shape index (κ3) is 3.35. The lowest BCUT2D eigenvalue weighted by atomic mass is 10.00. The number of pyridine rings is 1. The number of methoxy groups -OCH3 is 1. The average Bonchev–Trinajstić information content (AvgIpc) is 2.47. The van der Waals surface area contributed by atoms with Crippen molar-refractivity contribution in [2.75, 3.05) is 13.7 Å². The molecule has 3 nitrogen and oxygen atoms in total. The lowest BCUT2D eigenvalue weighted by molar-refractivity contribution is 0.0831. The molecule has 0 spiro atoms. The third-order valence-electron chi connectivity index (χ3n) is 3.67. The molecule has 20 heavy (non-hydrogen) atoms. The molecule has 0 aliphatic heterocycles. The predicted octanol–water partition coefficient (Wildman–Crippen LogP) is 3.62. The topological polar surface area (TPSA) is 34.2 Å². The van der Waals surface area contributed by atoms with E-state index in [9.17, 15) is 0 Å². The van der Waals surface area contributed by atoms with Gasteiger partial charge in [-0.05, 0) is 50.6 Å². The van der Waals surface area contributed by atoms with E-state index < -0.39 is 0 Å². The zero-order chi connectivity index (χ0) is 14.5. The minimum absolute atomic E-state index is 0.136. The van der Waals surface area contributed by atoms with Crippen molar-refractivity contribution in [1.82, 2.24) is 10.3 Å². The second-order valence-electron chi connectivity index (χ2n) is 5.28. The zero-order valence-electron chi connectivity index (χ0n) is 12.8. The maximum atomic E-state index is 5.52. The molecule has 0 fully saturated rings. The fourth-order valence-corrected chi connectivity index (χ4v) is 2.43. The van der Waals surface area contributed by atoms with Crippen LogP contribution < -0.4 is 5.32 Å². The van der Waals surface area contributed by atoms with Gasteiger partial charge in [-0.3, -0.25) is 4.98 Å². The highest BCUT2D eigenvalue weighted by Gasteiger charge is 2.18. The summed E-state index contributed by atoms with van der Waals surface area (Å²) in [5.74, 6) is 0. The monoisotopic (exact) mass is 272 g/mol. The number of ether oxygens (including phenoxy) is 1. The van der Waals surface area contributed by atoms with E-state index in [0.717, 1.165) is 24.2 Å². The fraction of sp³-hybridized carbons (Fsp3) is 0.471. The Balaban J connectivity index is 2.34. The molecule has 1 aromatic carbocycles. The van der Waals surface area contributed by atoms with Gasteiger partial charge in [0.2, 0.25) is 0 Å². The molecule has 2 aromatic rings. The second-order valence-corrected chi connectivity index (χ2v) is 5.28. The fourth-order valence-electron chi connectivity index (χ4n) is 2.43. The Morgan fingerprint density at radius 3 is 2.75 bits per heavy atom. The molecule has 0 saturated carbocycles. The maximum absolute atomic E-state index is 5.52. The van der Waals surface area contributed by atoms with Crippen LogP contribution >= 0.6 is 0 Å². The van der Waals surface area contributed by atoms with Gasteiger partial charge in [0.25, 0.3) is 0 Å². The standard InChI is InChI=1S/C17H24N2O/c1-5-10-18-17(13(3)20-4)15-8-9-16-14(11-15)7-6-12(2)19-16/h6-9,11,13,17-18H,5,10H2,1-4H3. The first kappa shape index (κ1) is 14.9. The molecule has 0 saturated heterocycles. The molecule has 2 unspecified atom stereocenters. The lowest BCUT2D eigenvalue weighted by Crippen LogP contribution is -2.32. The molecular weight excluding hydrogens is 248 g/mol. The smallest absolute Gasteiger partial charge is 0.0737 e. The molecule has 108 valence electrons. The molecular formula is C17H24N2O. The summed E-state index contributed by atoms with van der Waals surface area (Å²) in [4.78, 5) is 4.55. The molecule has 0 radical (unpaired) electrons. The molecule has 0 bridgehead atoms. The summed E-state index contributed by atoms with van der Waals surface area (Å²) in [6.07, 6.45) is 1.25. The summed E-state index contributed by atoms with van der Waals surface area (Å²) >= 11 is 0. The Bertz CT molecular complexity index is 568. The van der Waals surface area contributed by atoms with Crippen LogP contribution in [0.15, 0.2) is 30.3 Å². The zero-order valence-corrected chi connectivity index (χ0v) is 12.8. The molecule has 1 N–H and O–H groups in total. The summed E-state index contributed by atoms with van der Waals surface area (Å²) in [5, 5.41) is 4.75. The first-order valence-electron chi connectivity index (χ1n) is 7.29. The van der Waals surface area contributed by atoms with E-state index in [1.165, 1.54) is 10.9 Å². The van der Waals surface area contributed by atoms with Gasteiger partial charge in [0.1, 0.15) is 0 Å². The van der Waals surface area contributed by atoms with E-state index in [0.29, 0.717) is 0 Å². The Kier molecular flexibility index (Phi) is 5.10. The number of aryl methyl sites for hydroxylation is 1. The van der Waals surface area contributed by atoms with Crippen LogP contribution in [0.5, 0.6) is 0 Å². The Morgan fingerprint density at radius 1 is 1.25 bits per heavy atom. The van der Waals surface area contributed by atoms with Crippen molar-refractivity contribution in [3.05, 3.63) is 41.6 Å². The minimum Gasteiger partial charge on any atom is -0.380 e. The number of rotatable bonds is 6.